The molecule has 9 nitrogen and oxygen atoms in total. The normalized spacial score (nSPS) is 12.1. The van der Waals surface area contributed by atoms with E-state index < -0.39 is 22.0 Å². The van der Waals surface area contributed by atoms with Crippen molar-refractivity contribution in [1.29, 1.82) is 0 Å². The van der Waals surface area contributed by atoms with Gasteiger partial charge in [0.25, 0.3) is 17.5 Å². The zero-order chi connectivity index (χ0) is 32.9. The number of hydrogen-bond acceptors (Lipinski definition) is 6. The summed E-state index contributed by atoms with van der Waals surface area (Å²) in [5.41, 5.74) is 2.16. The average molecular weight is 641 g/mol. The first-order chi connectivity index (χ1) is 22.8. The molecule has 6 rings (SSSR count). The van der Waals surface area contributed by atoms with E-state index in [2.05, 4.69) is 10.6 Å². The van der Waals surface area contributed by atoms with Crippen LogP contribution >= 0.6 is 11.8 Å². The minimum Gasteiger partial charge on any atom is -0.321 e. The van der Waals surface area contributed by atoms with E-state index in [0.717, 1.165) is 26.7 Å². The van der Waals surface area contributed by atoms with E-state index in [0.29, 0.717) is 11.3 Å². The van der Waals surface area contributed by atoms with Crippen LogP contribution < -0.4 is 10.6 Å². The molecule has 1 unspecified atom stereocenters. The summed E-state index contributed by atoms with van der Waals surface area (Å²) in [5, 5.41) is 18.6. The van der Waals surface area contributed by atoms with E-state index in [1.165, 1.54) is 36.0 Å². The van der Waals surface area contributed by atoms with Crippen molar-refractivity contribution in [2.24, 2.45) is 0 Å². The first kappa shape index (κ1) is 31.0. The summed E-state index contributed by atoms with van der Waals surface area (Å²) in [5.74, 6) is -1.31. The molecule has 6 aromatic rings. The highest BCUT2D eigenvalue weighted by Gasteiger charge is 2.22. The second-order valence-electron chi connectivity index (χ2n) is 10.6. The number of amides is 2. The highest BCUT2D eigenvalue weighted by atomic mass is 32.2. The molecular formula is C37H28N4O5S. The van der Waals surface area contributed by atoms with Crippen LogP contribution in [-0.2, 0) is 4.79 Å². The molecule has 2 amide bonds. The maximum Gasteiger partial charge on any atom is 0.276 e. The molecule has 0 spiro atoms. The second-order valence-corrected chi connectivity index (χ2v) is 12.1. The number of rotatable bonds is 9. The van der Waals surface area contributed by atoms with Gasteiger partial charge in [0.15, 0.2) is 0 Å². The zero-order valence-electron chi connectivity index (χ0n) is 25.1. The van der Waals surface area contributed by atoms with Crippen molar-refractivity contribution in [1.82, 2.24) is 9.88 Å². The number of nitro benzene ring substituents is 1. The topological polar surface area (TPSA) is 123 Å². The average Bonchev–Trinajstić information content (AvgIpc) is 3.42. The summed E-state index contributed by atoms with van der Waals surface area (Å²) in [7, 11) is 0. The van der Waals surface area contributed by atoms with Gasteiger partial charge in [-0.25, -0.2) is 0 Å². The summed E-state index contributed by atoms with van der Waals surface area (Å²) < 4.78 is 1.75. The maximum absolute atomic E-state index is 13.8. The summed E-state index contributed by atoms with van der Waals surface area (Å²) in [6, 6.07) is 36.9. The molecule has 10 heteroatoms. The van der Waals surface area contributed by atoms with Crippen LogP contribution in [-0.4, -0.2) is 32.5 Å². The highest BCUT2D eigenvalue weighted by Crippen LogP contribution is 2.32. The molecular weight excluding hydrogens is 612 g/mol. The van der Waals surface area contributed by atoms with E-state index >= 15 is 0 Å². The number of fused-ring (bicyclic) bond motifs is 3. The summed E-state index contributed by atoms with van der Waals surface area (Å²) in [6.45, 7) is 1.84. The lowest BCUT2D eigenvalue weighted by Gasteiger charge is -2.15. The fourth-order valence-electron chi connectivity index (χ4n) is 5.32. The number of nitrogens with zero attached hydrogens (tertiary/aromatic N) is 2. The highest BCUT2D eigenvalue weighted by molar-refractivity contribution is 8.00. The predicted octanol–water partition coefficient (Wildman–Crippen LogP) is 7.93. The molecule has 0 fully saturated rings. The molecule has 0 radical (unpaired) electrons. The number of aromatic nitrogens is 1. The third-order valence-corrected chi connectivity index (χ3v) is 8.60. The smallest absolute Gasteiger partial charge is 0.276 e. The summed E-state index contributed by atoms with van der Waals surface area (Å²) >= 11 is 1.35. The maximum atomic E-state index is 13.8. The first-order valence-corrected chi connectivity index (χ1v) is 15.6. The Morgan fingerprint density at radius 3 is 2.09 bits per heavy atom. The summed E-state index contributed by atoms with van der Waals surface area (Å²) in [4.78, 5) is 52.3. The van der Waals surface area contributed by atoms with Crippen LogP contribution in [0.1, 0.15) is 27.6 Å². The Balaban J connectivity index is 1.25. The van der Waals surface area contributed by atoms with Crippen molar-refractivity contribution in [3.05, 3.63) is 154 Å². The van der Waals surface area contributed by atoms with Crippen LogP contribution in [0.25, 0.3) is 27.9 Å². The Morgan fingerprint density at radius 2 is 1.40 bits per heavy atom. The lowest BCUT2D eigenvalue weighted by atomic mass is 10.1. The lowest BCUT2D eigenvalue weighted by molar-refractivity contribution is -0.385. The molecule has 2 N–H and O–H groups in total. The molecule has 1 aromatic heterocycles. The van der Waals surface area contributed by atoms with Crippen molar-refractivity contribution in [2.75, 3.05) is 5.32 Å². The van der Waals surface area contributed by atoms with Gasteiger partial charge in [-0.2, -0.15) is 0 Å². The Labute approximate surface area is 274 Å². The standard InChI is InChI=1S/C37H28N4O5S/c1-24(37(44)40-33-20-9-6-17-29(33)30-18-7-10-21-34(30)40)47-28-16-11-15-27(23-28)38-36(43)31(39-35(42)25-12-3-2-4-13-25)22-26-14-5-8-19-32(26)41(45)46/h2-24H,1H3,(H,38,43)(H,39,42)/b31-22+. The number of nitro groups is 1. The fourth-order valence-corrected chi connectivity index (χ4v) is 6.28. The predicted molar refractivity (Wildman–Crippen MR) is 185 cm³/mol. The van der Waals surface area contributed by atoms with Crippen LogP contribution in [0.3, 0.4) is 0 Å². The number of nitrogens with one attached hydrogen (secondary N) is 2. The Bertz CT molecular complexity index is 2140. The molecule has 0 bridgehead atoms. The van der Waals surface area contributed by atoms with Gasteiger partial charge >= 0.3 is 0 Å². The number of anilines is 1. The van der Waals surface area contributed by atoms with Crippen molar-refractivity contribution < 1.29 is 19.3 Å². The molecule has 1 heterocycles. The minimum atomic E-state index is -0.677. The van der Waals surface area contributed by atoms with Gasteiger partial charge in [0, 0.05) is 33.0 Å². The SMILES string of the molecule is CC(Sc1cccc(NC(=O)/C(=C\c2ccccc2[N+](=O)[O-])NC(=O)c2ccccc2)c1)C(=O)n1c2ccccc2c2ccccc21. The van der Waals surface area contributed by atoms with Crippen LogP contribution in [0.15, 0.2) is 138 Å². The van der Waals surface area contributed by atoms with Crippen LogP contribution in [0.5, 0.6) is 0 Å². The Hall–Kier alpha value is -6.00. The van der Waals surface area contributed by atoms with E-state index in [1.807, 2.05) is 61.5 Å². The van der Waals surface area contributed by atoms with Crippen molar-refractivity contribution >= 4 is 68.7 Å². The number of carbonyl (C=O) groups excluding carboxylic acids is 3. The third kappa shape index (κ3) is 6.68. The zero-order valence-corrected chi connectivity index (χ0v) is 25.9. The van der Waals surface area contributed by atoms with E-state index in [9.17, 15) is 24.5 Å². The molecule has 47 heavy (non-hydrogen) atoms. The quantitative estimate of drug-likeness (QED) is 0.0716. The molecule has 0 saturated heterocycles. The van der Waals surface area contributed by atoms with Gasteiger partial charge in [0.05, 0.1) is 26.8 Å². The number of hydrogen-bond donors (Lipinski definition) is 2. The number of carbonyl (C=O) groups is 3. The third-order valence-electron chi connectivity index (χ3n) is 7.52. The minimum absolute atomic E-state index is 0.0832. The van der Waals surface area contributed by atoms with E-state index in [1.54, 1.807) is 59.2 Å². The Morgan fingerprint density at radius 1 is 0.787 bits per heavy atom. The fraction of sp³-hybridized carbons (Fsp3) is 0.0541. The number of benzene rings is 5. The molecule has 0 saturated carbocycles. The van der Waals surface area contributed by atoms with Gasteiger partial charge < -0.3 is 10.6 Å². The number of thioether (sulfide) groups is 1. The monoisotopic (exact) mass is 640 g/mol. The molecule has 0 aliphatic carbocycles. The second kappa shape index (κ2) is 13.6. The molecule has 5 aromatic carbocycles. The molecule has 0 aliphatic heterocycles. The van der Waals surface area contributed by atoms with Crippen LogP contribution in [0, 0.1) is 10.1 Å². The van der Waals surface area contributed by atoms with Crippen LogP contribution in [0.2, 0.25) is 0 Å². The Kier molecular flexibility index (Phi) is 8.94. The van der Waals surface area contributed by atoms with Gasteiger partial charge in [-0.05, 0) is 61.5 Å². The molecule has 232 valence electrons. The lowest BCUT2D eigenvalue weighted by Crippen LogP contribution is -2.30. The van der Waals surface area contributed by atoms with E-state index in [-0.39, 0.29) is 22.9 Å². The van der Waals surface area contributed by atoms with Gasteiger partial charge in [0.2, 0.25) is 5.91 Å². The van der Waals surface area contributed by atoms with Crippen molar-refractivity contribution in [2.45, 2.75) is 17.1 Å². The van der Waals surface area contributed by atoms with Crippen molar-refractivity contribution in [3.63, 3.8) is 0 Å². The van der Waals surface area contributed by atoms with Gasteiger partial charge in [0.1, 0.15) is 5.70 Å². The van der Waals surface area contributed by atoms with Gasteiger partial charge in [-0.15, -0.1) is 11.8 Å². The largest absolute Gasteiger partial charge is 0.321 e. The molecule has 0 aliphatic rings. The summed E-state index contributed by atoms with van der Waals surface area (Å²) in [6.07, 6.45) is 1.28. The van der Waals surface area contributed by atoms with Gasteiger partial charge in [-0.1, -0.05) is 72.8 Å². The molecule has 1 atom stereocenters. The van der Waals surface area contributed by atoms with Crippen molar-refractivity contribution in [3.8, 4) is 0 Å². The van der Waals surface area contributed by atoms with E-state index in [4.69, 9.17) is 0 Å². The number of para-hydroxylation sites is 3. The first-order valence-electron chi connectivity index (χ1n) is 14.7. The van der Waals surface area contributed by atoms with Gasteiger partial charge in [-0.3, -0.25) is 29.1 Å². The van der Waals surface area contributed by atoms with Crippen LogP contribution in [0.4, 0.5) is 11.4 Å².